The Bertz CT molecular complexity index is 1120. The van der Waals surface area contributed by atoms with E-state index in [9.17, 15) is 9.59 Å². The number of hydrogen-bond acceptors (Lipinski definition) is 4. The summed E-state index contributed by atoms with van der Waals surface area (Å²) >= 11 is 0. The second-order valence-electron chi connectivity index (χ2n) is 7.91. The average molecular weight is 431 g/mol. The Labute approximate surface area is 187 Å². The summed E-state index contributed by atoms with van der Waals surface area (Å²) in [7, 11) is 1.56. The monoisotopic (exact) mass is 430 g/mol. The van der Waals surface area contributed by atoms with Crippen LogP contribution in [0.25, 0.3) is 11.1 Å². The number of ether oxygens (including phenoxy) is 2. The van der Waals surface area contributed by atoms with Crippen LogP contribution in [0.2, 0.25) is 0 Å². The zero-order chi connectivity index (χ0) is 22.6. The maximum Gasteiger partial charge on any atom is 0.254 e. The number of morpholine rings is 1. The highest BCUT2D eigenvalue weighted by atomic mass is 16.5. The third-order valence-electron chi connectivity index (χ3n) is 5.76. The van der Waals surface area contributed by atoms with Crippen LogP contribution in [0.1, 0.15) is 15.9 Å². The lowest BCUT2D eigenvalue weighted by molar-refractivity contribution is -0.153. The first-order valence-electron chi connectivity index (χ1n) is 10.5. The molecule has 6 nitrogen and oxygen atoms in total. The number of amides is 2. The van der Waals surface area contributed by atoms with Gasteiger partial charge in [-0.2, -0.15) is 0 Å². The van der Waals surface area contributed by atoms with Crippen LogP contribution in [0.15, 0.2) is 78.9 Å². The predicted molar refractivity (Wildman–Crippen MR) is 122 cm³/mol. The van der Waals surface area contributed by atoms with Gasteiger partial charge < -0.3 is 20.1 Å². The van der Waals surface area contributed by atoms with Crippen LogP contribution in [0, 0.1) is 0 Å². The molecule has 2 N–H and O–H groups in total. The maximum absolute atomic E-state index is 13.1. The van der Waals surface area contributed by atoms with Gasteiger partial charge in [0.2, 0.25) is 0 Å². The quantitative estimate of drug-likeness (QED) is 0.651. The topological polar surface area (TPSA) is 81.9 Å². The summed E-state index contributed by atoms with van der Waals surface area (Å²) in [4.78, 5) is 27.3. The van der Waals surface area contributed by atoms with Gasteiger partial charge in [-0.25, -0.2) is 0 Å². The lowest BCUT2D eigenvalue weighted by atomic mass is 9.90. The van der Waals surface area contributed by atoms with Gasteiger partial charge in [-0.15, -0.1) is 0 Å². The molecular weight excluding hydrogens is 404 g/mol. The Morgan fingerprint density at radius 1 is 1.00 bits per heavy atom. The number of methoxy groups -OCH3 is 1. The van der Waals surface area contributed by atoms with Crippen LogP contribution >= 0.6 is 0 Å². The summed E-state index contributed by atoms with van der Waals surface area (Å²) < 4.78 is 11.2. The molecule has 1 aliphatic rings. The van der Waals surface area contributed by atoms with Gasteiger partial charge in [0.1, 0.15) is 5.75 Å². The van der Waals surface area contributed by atoms with E-state index >= 15 is 0 Å². The molecule has 3 aromatic rings. The van der Waals surface area contributed by atoms with Gasteiger partial charge in [-0.05, 0) is 34.9 Å². The number of nitrogens with two attached hydrogens (primary N) is 1. The molecule has 1 fully saturated rings. The molecule has 3 aromatic carbocycles. The third-order valence-corrected chi connectivity index (χ3v) is 5.76. The SMILES string of the molecule is COc1cccc(C(=O)N2CCO[C@](Cc3cccc(-c4ccccc4)c3)(C(N)=O)C2)c1. The van der Waals surface area contributed by atoms with Crippen molar-refractivity contribution in [3.05, 3.63) is 90.0 Å². The molecule has 6 heteroatoms. The Balaban J connectivity index is 1.58. The van der Waals surface area contributed by atoms with Crippen LogP contribution in [0.4, 0.5) is 0 Å². The lowest BCUT2D eigenvalue weighted by Gasteiger charge is -2.40. The van der Waals surface area contributed by atoms with Crippen LogP contribution in [0.5, 0.6) is 5.75 Å². The Kier molecular flexibility index (Phi) is 6.23. The highest BCUT2D eigenvalue weighted by molar-refractivity contribution is 5.95. The Morgan fingerprint density at radius 2 is 1.75 bits per heavy atom. The molecule has 1 atom stereocenters. The summed E-state index contributed by atoms with van der Waals surface area (Å²) in [5.41, 5.74) is 8.08. The van der Waals surface area contributed by atoms with Gasteiger partial charge in [0.25, 0.3) is 11.8 Å². The molecule has 0 bridgehead atoms. The minimum absolute atomic E-state index is 0.0912. The normalized spacial score (nSPS) is 18.2. The minimum atomic E-state index is -1.29. The van der Waals surface area contributed by atoms with Gasteiger partial charge in [-0.1, -0.05) is 60.7 Å². The smallest absolute Gasteiger partial charge is 0.254 e. The van der Waals surface area contributed by atoms with Gasteiger partial charge in [-0.3, -0.25) is 9.59 Å². The number of primary amides is 1. The molecule has 2 amide bonds. The second kappa shape index (κ2) is 9.24. The predicted octanol–water partition coefficient (Wildman–Crippen LogP) is 3.30. The number of carbonyl (C=O) groups is 2. The minimum Gasteiger partial charge on any atom is -0.497 e. The van der Waals surface area contributed by atoms with Gasteiger partial charge in [0.15, 0.2) is 5.60 Å². The van der Waals surface area contributed by atoms with Crippen LogP contribution in [0.3, 0.4) is 0 Å². The van der Waals surface area contributed by atoms with Crippen LogP contribution in [-0.2, 0) is 16.0 Å². The van der Waals surface area contributed by atoms with E-state index in [-0.39, 0.29) is 25.5 Å². The fourth-order valence-corrected chi connectivity index (χ4v) is 4.06. The van der Waals surface area contributed by atoms with E-state index in [4.69, 9.17) is 15.2 Å². The summed E-state index contributed by atoms with van der Waals surface area (Å²) in [6, 6.07) is 24.9. The molecule has 0 saturated carbocycles. The standard InChI is InChI=1S/C26H26N2O4/c1-31-23-12-6-11-22(16-23)24(29)28-13-14-32-26(18-28,25(27)30)17-19-7-5-10-21(15-19)20-8-3-2-4-9-20/h2-12,15-16H,13-14,17-18H2,1H3,(H2,27,30)/t26-/m0/s1. The van der Waals surface area contributed by atoms with E-state index < -0.39 is 11.5 Å². The molecule has 1 heterocycles. The van der Waals surface area contributed by atoms with E-state index in [0.717, 1.165) is 16.7 Å². The molecule has 32 heavy (non-hydrogen) atoms. The average Bonchev–Trinajstić information content (AvgIpc) is 2.84. The maximum atomic E-state index is 13.1. The van der Waals surface area contributed by atoms with Gasteiger partial charge >= 0.3 is 0 Å². The van der Waals surface area contributed by atoms with Crippen molar-refractivity contribution in [2.75, 3.05) is 26.8 Å². The van der Waals surface area contributed by atoms with Gasteiger partial charge in [0, 0.05) is 18.5 Å². The first-order valence-corrected chi connectivity index (χ1v) is 10.5. The zero-order valence-corrected chi connectivity index (χ0v) is 18.0. The van der Waals surface area contributed by atoms with Crippen molar-refractivity contribution in [1.82, 2.24) is 4.90 Å². The van der Waals surface area contributed by atoms with Crippen molar-refractivity contribution in [2.24, 2.45) is 5.73 Å². The molecule has 0 aromatic heterocycles. The summed E-state index contributed by atoms with van der Waals surface area (Å²) in [5.74, 6) is -0.162. The summed E-state index contributed by atoms with van der Waals surface area (Å²) in [6.07, 6.45) is 0.283. The highest BCUT2D eigenvalue weighted by Gasteiger charge is 2.44. The lowest BCUT2D eigenvalue weighted by Crippen LogP contribution is -2.61. The number of carbonyl (C=O) groups excluding carboxylic acids is 2. The number of nitrogens with zero attached hydrogens (tertiary/aromatic N) is 1. The van der Waals surface area contributed by atoms with E-state index in [0.29, 0.717) is 17.9 Å². The molecular formula is C26H26N2O4. The fraction of sp³-hybridized carbons (Fsp3) is 0.231. The van der Waals surface area contributed by atoms with E-state index in [2.05, 4.69) is 0 Å². The van der Waals surface area contributed by atoms with E-state index in [1.54, 1.807) is 36.3 Å². The van der Waals surface area contributed by atoms with E-state index in [1.165, 1.54) is 0 Å². The molecule has 0 unspecified atom stereocenters. The largest absolute Gasteiger partial charge is 0.497 e. The molecule has 0 spiro atoms. The molecule has 4 rings (SSSR count). The summed E-state index contributed by atoms with van der Waals surface area (Å²) in [6.45, 7) is 0.708. The van der Waals surface area contributed by atoms with Crippen molar-refractivity contribution in [2.45, 2.75) is 12.0 Å². The first kappa shape index (κ1) is 21.6. The fourth-order valence-electron chi connectivity index (χ4n) is 4.06. The Morgan fingerprint density at radius 3 is 2.50 bits per heavy atom. The summed E-state index contributed by atoms with van der Waals surface area (Å²) in [5, 5.41) is 0. The van der Waals surface area contributed by atoms with E-state index in [1.807, 2.05) is 54.6 Å². The molecule has 0 radical (unpaired) electrons. The highest BCUT2D eigenvalue weighted by Crippen LogP contribution is 2.27. The zero-order valence-electron chi connectivity index (χ0n) is 18.0. The molecule has 164 valence electrons. The molecule has 1 aliphatic heterocycles. The van der Waals surface area contributed by atoms with Gasteiger partial charge in [0.05, 0.1) is 20.3 Å². The second-order valence-corrected chi connectivity index (χ2v) is 7.91. The first-order chi connectivity index (χ1) is 15.5. The number of rotatable bonds is 6. The van der Waals surface area contributed by atoms with Crippen molar-refractivity contribution in [3.63, 3.8) is 0 Å². The number of benzene rings is 3. The van der Waals surface area contributed by atoms with Crippen LogP contribution in [-0.4, -0.2) is 49.1 Å². The molecule has 1 saturated heterocycles. The van der Waals surface area contributed by atoms with Crippen molar-refractivity contribution in [1.29, 1.82) is 0 Å². The van der Waals surface area contributed by atoms with Crippen molar-refractivity contribution >= 4 is 11.8 Å². The van der Waals surface area contributed by atoms with Crippen molar-refractivity contribution in [3.8, 4) is 16.9 Å². The van der Waals surface area contributed by atoms with Crippen LogP contribution < -0.4 is 10.5 Å². The number of hydrogen-bond donors (Lipinski definition) is 1. The molecule has 0 aliphatic carbocycles. The Hall–Kier alpha value is -3.64. The third kappa shape index (κ3) is 4.50. The van der Waals surface area contributed by atoms with Crippen molar-refractivity contribution < 1.29 is 19.1 Å².